The lowest BCUT2D eigenvalue weighted by atomic mass is 9.99. The minimum absolute atomic E-state index is 0.0817. The average molecular weight is 337 g/mol. The van der Waals surface area contributed by atoms with Crippen molar-refractivity contribution < 1.29 is 9.59 Å². The third-order valence-corrected chi connectivity index (χ3v) is 4.31. The number of ketones is 1. The molecule has 0 saturated carbocycles. The van der Waals surface area contributed by atoms with Crippen LogP contribution in [0.25, 0.3) is 0 Å². The van der Waals surface area contributed by atoms with E-state index in [-0.39, 0.29) is 11.7 Å². The molecule has 5 nitrogen and oxygen atoms in total. The molecule has 3 rings (SSSR count). The third kappa shape index (κ3) is 4.53. The van der Waals surface area contributed by atoms with E-state index in [2.05, 4.69) is 15.5 Å². The molecule has 0 aromatic heterocycles. The van der Waals surface area contributed by atoms with Crippen molar-refractivity contribution in [1.29, 1.82) is 0 Å². The van der Waals surface area contributed by atoms with Gasteiger partial charge in [-0.3, -0.25) is 14.5 Å². The molecule has 5 heteroatoms. The van der Waals surface area contributed by atoms with E-state index in [9.17, 15) is 9.59 Å². The lowest BCUT2D eigenvalue weighted by molar-refractivity contribution is -0.117. The third-order valence-electron chi connectivity index (χ3n) is 4.31. The molecule has 1 aliphatic heterocycles. The number of carbonyl (C=O) groups is 2. The first-order valence-electron chi connectivity index (χ1n) is 8.57. The second-order valence-electron chi connectivity index (χ2n) is 6.32. The quantitative estimate of drug-likeness (QED) is 0.820. The number of nitrogens with zero attached hydrogens (tertiary/aromatic N) is 1. The molecule has 0 bridgehead atoms. The van der Waals surface area contributed by atoms with E-state index < -0.39 is 0 Å². The highest BCUT2D eigenvalue weighted by Crippen LogP contribution is 2.21. The minimum atomic E-state index is -0.0899. The van der Waals surface area contributed by atoms with Gasteiger partial charge in [0.2, 0.25) is 5.91 Å². The Labute approximate surface area is 148 Å². The average Bonchev–Trinajstić information content (AvgIpc) is 2.64. The van der Waals surface area contributed by atoms with Crippen LogP contribution in [0.2, 0.25) is 0 Å². The van der Waals surface area contributed by atoms with Crippen molar-refractivity contribution in [2.24, 2.45) is 0 Å². The minimum Gasteiger partial charge on any atom is -0.324 e. The highest BCUT2D eigenvalue weighted by atomic mass is 16.2. The summed E-state index contributed by atoms with van der Waals surface area (Å²) in [5.41, 5.74) is 2.70. The zero-order valence-corrected chi connectivity index (χ0v) is 14.4. The summed E-state index contributed by atoms with van der Waals surface area (Å²) in [6, 6.07) is 14.7. The normalized spacial score (nSPS) is 14.9. The summed E-state index contributed by atoms with van der Waals surface area (Å²) in [6.07, 6.45) is 0. The predicted octanol–water partition coefficient (Wildman–Crippen LogP) is 2.07. The van der Waals surface area contributed by atoms with Crippen LogP contribution >= 0.6 is 0 Å². The molecule has 0 radical (unpaired) electrons. The molecule has 1 fully saturated rings. The van der Waals surface area contributed by atoms with E-state index >= 15 is 0 Å². The van der Waals surface area contributed by atoms with E-state index in [4.69, 9.17) is 0 Å². The van der Waals surface area contributed by atoms with Crippen LogP contribution in [0.15, 0.2) is 48.5 Å². The maximum Gasteiger partial charge on any atom is 0.238 e. The second-order valence-corrected chi connectivity index (χ2v) is 6.32. The van der Waals surface area contributed by atoms with Gasteiger partial charge in [-0.25, -0.2) is 0 Å². The summed E-state index contributed by atoms with van der Waals surface area (Å²) in [5, 5.41) is 6.18. The molecule has 2 aromatic rings. The van der Waals surface area contributed by atoms with Crippen molar-refractivity contribution in [2.75, 3.05) is 38.0 Å². The van der Waals surface area contributed by atoms with E-state index in [1.54, 1.807) is 18.2 Å². The van der Waals surface area contributed by atoms with Gasteiger partial charge in [0.1, 0.15) is 0 Å². The number of carbonyl (C=O) groups excluding carboxylic acids is 2. The molecular formula is C20H23N3O2. The maximum absolute atomic E-state index is 12.8. The first kappa shape index (κ1) is 17.3. The number of piperazine rings is 1. The molecular weight excluding hydrogens is 314 g/mol. The number of rotatable bonds is 5. The van der Waals surface area contributed by atoms with Gasteiger partial charge in [0, 0.05) is 37.3 Å². The Hall–Kier alpha value is -2.50. The van der Waals surface area contributed by atoms with Gasteiger partial charge in [0.25, 0.3) is 0 Å². The zero-order chi connectivity index (χ0) is 17.6. The molecule has 130 valence electrons. The fraction of sp³-hybridized carbons (Fsp3) is 0.300. The highest BCUT2D eigenvalue weighted by Gasteiger charge is 2.18. The number of hydrogen-bond acceptors (Lipinski definition) is 4. The van der Waals surface area contributed by atoms with Crippen LogP contribution in [0.4, 0.5) is 5.69 Å². The SMILES string of the molecule is Cc1ccc(NC(=O)CN2CCNCC2)c(C(=O)c2ccccc2)c1. The lowest BCUT2D eigenvalue weighted by Crippen LogP contribution is -2.46. The van der Waals surface area contributed by atoms with Crippen molar-refractivity contribution in [3.05, 3.63) is 65.2 Å². The van der Waals surface area contributed by atoms with Crippen LogP contribution in [0, 0.1) is 6.92 Å². The van der Waals surface area contributed by atoms with Crippen molar-refractivity contribution in [2.45, 2.75) is 6.92 Å². The summed E-state index contributed by atoms with van der Waals surface area (Å²) in [4.78, 5) is 27.3. The molecule has 25 heavy (non-hydrogen) atoms. The largest absolute Gasteiger partial charge is 0.324 e. The highest BCUT2D eigenvalue weighted by molar-refractivity contribution is 6.14. The number of benzene rings is 2. The van der Waals surface area contributed by atoms with Gasteiger partial charge < -0.3 is 10.6 Å². The number of aryl methyl sites for hydroxylation is 1. The molecule has 1 amide bonds. The van der Waals surface area contributed by atoms with E-state index in [0.717, 1.165) is 31.7 Å². The van der Waals surface area contributed by atoms with Crippen molar-refractivity contribution >= 4 is 17.4 Å². The molecule has 0 unspecified atom stereocenters. The number of amides is 1. The van der Waals surface area contributed by atoms with Gasteiger partial charge in [0.15, 0.2) is 5.78 Å². The summed E-state index contributed by atoms with van der Waals surface area (Å²) in [7, 11) is 0. The number of hydrogen-bond donors (Lipinski definition) is 2. The Balaban J connectivity index is 1.77. The van der Waals surface area contributed by atoms with Crippen LogP contribution in [-0.4, -0.2) is 49.3 Å². The summed E-state index contributed by atoms with van der Waals surface area (Å²) in [6.45, 7) is 5.79. The van der Waals surface area contributed by atoms with Gasteiger partial charge in [-0.2, -0.15) is 0 Å². The Morgan fingerprint density at radius 2 is 1.80 bits per heavy atom. The topological polar surface area (TPSA) is 61.4 Å². The first-order chi connectivity index (χ1) is 12.1. The fourth-order valence-corrected chi connectivity index (χ4v) is 2.96. The molecule has 1 heterocycles. The zero-order valence-electron chi connectivity index (χ0n) is 14.4. The second kappa shape index (κ2) is 8.05. The summed E-state index contributed by atoms with van der Waals surface area (Å²) >= 11 is 0. The standard InChI is InChI=1S/C20H23N3O2/c1-15-7-8-18(22-19(24)14-23-11-9-21-10-12-23)17(13-15)20(25)16-5-3-2-4-6-16/h2-8,13,21H,9-12,14H2,1H3,(H,22,24). The lowest BCUT2D eigenvalue weighted by Gasteiger charge is -2.26. The van der Waals surface area contributed by atoms with Crippen LogP contribution in [-0.2, 0) is 4.79 Å². The van der Waals surface area contributed by atoms with Gasteiger partial charge in [-0.05, 0) is 19.1 Å². The number of anilines is 1. The molecule has 0 atom stereocenters. The first-order valence-corrected chi connectivity index (χ1v) is 8.57. The predicted molar refractivity (Wildman–Crippen MR) is 99.0 cm³/mol. The van der Waals surface area contributed by atoms with Crippen molar-refractivity contribution in [3.63, 3.8) is 0 Å². The molecule has 1 aliphatic rings. The molecule has 0 aliphatic carbocycles. The van der Waals surface area contributed by atoms with Crippen LogP contribution in [0.3, 0.4) is 0 Å². The smallest absolute Gasteiger partial charge is 0.238 e. The number of nitrogens with one attached hydrogen (secondary N) is 2. The molecule has 2 aromatic carbocycles. The van der Waals surface area contributed by atoms with Crippen molar-refractivity contribution in [3.8, 4) is 0 Å². The Morgan fingerprint density at radius 3 is 2.52 bits per heavy atom. The van der Waals surface area contributed by atoms with Crippen LogP contribution in [0.1, 0.15) is 21.5 Å². The van der Waals surface area contributed by atoms with Crippen LogP contribution in [0.5, 0.6) is 0 Å². The summed E-state index contributed by atoms with van der Waals surface area (Å²) < 4.78 is 0. The van der Waals surface area contributed by atoms with Gasteiger partial charge in [-0.15, -0.1) is 0 Å². The van der Waals surface area contributed by atoms with Gasteiger partial charge >= 0.3 is 0 Å². The Morgan fingerprint density at radius 1 is 1.08 bits per heavy atom. The van der Waals surface area contributed by atoms with Gasteiger partial charge in [0.05, 0.1) is 12.2 Å². The molecule has 1 saturated heterocycles. The Bertz CT molecular complexity index is 753. The van der Waals surface area contributed by atoms with Crippen LogP contribution < -0.4 is 10.6 Å². The van der Waals surface area contributed by atoms with E-state index in [1.807, 2.05) is 37.3 Å². The van der Waals surface area contributed by atoms with Crippen molar-refractivity contribution in [1.82, 2.24) is 10.2 Å². The molecule has 0 spiro atoms. The van der Waals surface area contributed by atoms with E-state index in [1.165, 1.54) is 0 Å². The monoisotopic (exact) mass is 337 g/mol. The van der Waals surface area contributed by atoms with Gasteiger partial charge in [-0.1, -0.05) is 42.0 Å². The molecule has 2 N–H and O–H groups in total. The summed E-state index contributed by atoms with van der Waals surface area (Å²) in [5.74, 6) is -0.172. The fourth-order valence-electron chi connectivity index (χ4n) is 2.96. The van der Waals surface area contributed by atoms with E-state index in [0.29, 0.717) is 23.4 Å². The maximum atomic E-state index is 12.8. The Kier molecular flexibility index (Phi) is 5.58.